The van der Waals surface area contributed by atoms with Gasteiger partial charge in [0.15, 0.2) is 0 Å². The zero-order valence-electron chi connectivity index (χ0n) is 7.57. The first-order chi connectivity index (χ1) is 6.99. The Labute approximate surface area is 98.0 Å². The number of hydrogen-bond donors (Lipinski definition) is 1. The molecule has 0 unspecified atom stereocenters. The van der Waals surface area contributed by atoms with Crippen molar-refractivity contribution in [2.24, 2.45) is 0 Å². The van der Waals surface area contributed by atoms with E-state index in [0.29, 0.717) is 23.8 Å². The second-order valence-corrected chi connectivity index (χ2v) is 5.64. The van der Waals surface area contributed by atoms with Gasteiger partial charge in [-0.25, -0.2) is 0 Å². The van der Waals surface area contributed by atoms with Crippen LogP contribution in [-0.4, -0.2) is 25.8 Å². The van der Waals surface area contributed by atoms with E-state index in [2.05, 4.69) is 4.72 Å². The lowest BCUT2D eigenvalue weighted by atomic mass is 10.3. The summed E-state index contributed by atoms with van der Waals surface area (Å²) in [5, 5.41) is 0.752. The lowest BCUT2D eigenvalue weighted by molar-refractivity contribution is 0.569. The van der Waals surface area contributed by atoms with Crippen molar-refractivity contribution in [3.8, 4) is 0 Å². The number of halogens is 2. The Bertz CT molecular complexity index is 485. The number of rotatable bonds is 3. The summed E-state index contributed by atoms with van der Waals surface area (Å²) in [6.07, 6.45) is 0. The van der Waals surface area contributed by atoms with Gasteiger partial charge in [0.2, 0.25) is 0 Å². The Balaban J connectivity index is 2.24. The third-order valence-electron chi connectivity index (χ3n) is 1.92. The molecule has 4 nitrogen and oxygen atoms in total. The van der Waals surface area contributed by atoms with E-state index in [0.717, 1.165) is 0 Å². The van der Waals surface area contributed by atoms with E-state index in [9.17, 15) is 8.42 Å². The topological polar surface area (TPSA) is 49.2 Å². The van der Waals surface area contributed by atoms with Crippen molar-refractivity contribution in [3.05, 3.63) is 28.2 Å². The molecule has 7 heteroatoms. The highest BCUT2D eigenvalue weighted by molar-refractivity contribution is 7.90. The molecule has 0 atom stereocenters. The second-order valence-electron chi connectivity index (χ2n) is 3.13. The molecule has 1 saturated heterocycles. The van der Waals surface area contributed by atoms with Crippen LogP contribution in [0.15, 0.2) is 18.2 Å². The van der Waals surface area contributed by atoms with E-state index in [1.54, 1.807) is 6.07 Å². The van der Waals surface area contributed by atoms with Gasteiger partial charge in [-0.05, 0) is 18.2 Å². The van der Waals surface area contributed by atoms with Crippen LogP contribution in [0.2, 0.25) is 10.0 Å². The molecule has 1 fully saturated rings. The lowest BCUT2D eigenvalue weighted by Crippen LogP contribution is -2.21. The summed E-state index contributed by atoms with van der Waals surface area (Å²) in [5.74, 6) is 0. The molecular formula is C8H8Cl2N2O2S. The Morgan fingerprint density at radius 1 is 1.27 bits per heavy atom. The summed E-state index contributed by atoms with van der Waals surface area (Å²) < 4.78 is 26.7. The van der Waals surface area contributed by atoms with Gasteiger partial charge < -0.3 is 0 Å². The van der Waals surface area contributed by atoms with Crippen molar-refractivity contribution in [3.63, 3.8) is 0 Å². The van der Waals surface area contributed by atoms with Gasteiger partial charge >= 0.3 is 10.2 Å². The molecule has 0 spiro atoms. The van der Waals surface area contributed by atoms with Gasteiger partial charge in [0, 0.05) is 18.1 Å². The molecule has 1 aromatic rings. The minimum Gasteiger partial charge on any atom is -0.269 e. The van der Waals surface area contributed by atoms with Crippen LogP contribution in [0, 0.1) is 0 Å². The van der Waals surface area contributed by atoms with E-state index >= 15 is 0 Å². The first kappa shape index (κ1) is 11.0. The van der Waals surface area contributed by atoms with Crippen LogP contribution in [0.3, 0.4) is 0 Å². The van der Waals surface area contributed by atoms with Crippen molar-refractivity contribution >= 4 is 39.1 Å². The fraction of sp³-hybridized carbons (Fsp3) is 0.250. The van der Waals surface area contributed by atoms with Crippen LogP contribution >= 0.6 is 23.2 Å². The van der Waals surface area contributed by atoms with Crippen molar-refractivity contribution in [1.82, 2.24) is 4.31 Å². The Hall–Kier alpha value is -0.490. The lowest BCUT2D eigenvalue weighted by Gasteiger charge is -2.09. The SMILES string of the molecule is O=S(=O)(Nc1ccc(Cl)cc1Cl)N1CC1. The third-order valence-corrected chi connectivity index (χ3v) is 3.99. The number of nitrogens with zero attached hydrogens (tertiary/aromatic N) is 1. The van der Waals surface area contributed by atoms with Crippen LogP contribution in [0.1, 0.15) is 0 Å². The van der Waals surface area contributed by atoms with E-state index in [-0.39, 0.29) is 5.02 Å². The average Bonchev–Trinajstić information content (AvgIpc) is 2.92. The van der Waals surface area contributed by atoms with Crippen LogP contribution in [0.5, 0.6) is 0 Å². The van der Waals surface area contributed by atoms with E-state index in [1.807, 2.05) is 0 Å². The zero-order valence-corrected chi connectivity index (χ0v) is 9.90. The van der Waals surface area contributed by atoms with E-state index < -0.39 is 10.2 Å². The molecule has 1 aliphatic heterocycles. The summed E-state index contributed by atoms with van der Waals surface area (Å²) in [4.78, 5) is 0. The van der Waals surface area contributed by atoms with Gasteiger partial charge in [-0.1, -0.05) is 23.2 Å². The van der Waals surface area contributed by atoms with Gasteiger partial charge in [0.05, 0.1) is 10.7 Å². The molecule has 0 saturated carbocycles. The molecule has 0 amide bonds. The maximum atomic E-state index is 11.5. The van der Waals surface area contributed by atoms with Crippen molar-refractivity contribution < 1.29 is 8.42 Å². The largest absolute Gasteiger partial charge is 0.301 e. The minimum absolute atomic E-state index is 0.285. The molecule has 2 rings (SSSR count). The molecule has 1 heterocycles. The molecular weight excluding hydrogens is 259 g/mol. The number of anilines is 1. The highest BCUT2D eigenvalue weighted by atomic mass is 35.5. The van der Waals surface area contributed by atoms with Crippen molar-refractivity contribution in [1.29, 1.82) is 0 Å². The fourth-order valence-corrected chi connectivity index (χ4v) is 2.72. The van der Waals surface area contributed by atoms with Crippen LogP contribution in [-0.2, 0) is 10.2 Å². The number of hydrogen-bond acceptors (Lipinski definition) is 2. The molecule has 0 aliphatic carbocycles. The van der Waals surface area contributed by atoms with Crippen LogP contribution in [0.25, 0.3) is 0 Å². The van der Waals surface area contributed by atoms with Crippen molar-refractivity contribution in [2.75, 3.05) is 17.8 Å². The molecule has 1 N–H and O–H groups in total. The molecule has 82 valence electrons. The maximum absolute atomic E-state index is 11.5. The van der Waals surface area contributed by atoms with Crippen LogP contribution < -0.4 is 4.72 Å². The summed E-state index contributed by atoms with van der Waals surface area (Å²) >= 11 is 11.5. The summed E-state index contributed by atoms with van der Waals surface area (Å²) in [6, 6.07) is 4.60. The Morgan fingerprint density at radius 2 is 1.93 bits per heavy atom. The predicted molar refractivity (Wildman–Crippen MR) is 60.6 cm³/mol. The normalized spacial score (nSPS) is 16.4. The summed E-state index contributed by atoms with van der Waals surface area (Å²) in [5.41, 5.74) is 0.341. The molecule has 15 heavy (non-hydrogen) atoms. The zero-order chi connectivity index (χ0) is 11.1. The summed E-state index contributed by atoms with van der Waals surface area (Å²) in [7, 11) is -3.42. The van der Waals surface area contributed by atoms with Gasteiger partial charge in [-0.2, -0.15) is 12.7 Å². The van der Waals surface area contributed by atoms with Gasteiger partial charge in [0.1, 0.15) is 0 Å². The van der Waals surface area contributed by atoms with Gasteiger partial charge in [-0.15, -0.1) is 0 Å². The first-order valence-corrected chi connectivity index (χ1v) is 6.41. The van der Waals surface area contributed by atoms with E-state index in [1.165, 1.54) is 16.4 Å². The quantitative estimate of drug-likeness (QED) is 0.851. The highest BCUT2D eigenvalue weighted by Gasteiger charge is 2.31. The number of benzene rings is 1. The smallest absolute Gasteiger partial charge is 0.269 e. The molecule has 1 aliphatic rings. The molecule has 1 aromatic carbocycles. The first-order valence-electron chi connectivity index (χ1n) is 4.22. The fourth-order valence-electron chi connectivity index (χ4n) is 1.06. The average molecular weight is 267 g/mol. The van der Waals surface area contributed by atoms with E-state index in [4.69, 9.17) is 23.2 Å². The van der Waals surface area contributed by atoms with Gasteiger partial charge in [0.25, 0.3) is 0 Å². The Kier molecular flexibility index (Phi) is 2.81. The number of nitrogens with one attached hydrogen (secondary N) is 1. The third kappa shape index (κ3) is 2.55. The van der Waals surface area contributed by atoms with Crippen LogP contribution in [0.4, 0.5) is 5.69 Å². The predicted octanol–water partition coefficient (Wildman–Crippen LogP) is 1.97. The molecule has 0 bridgehead atoms. The highest BCUT2D eigenvalue weighted by Crippen LogP contribution is 2.27. The van der Waals surface area contributed by atoms with Gasteiger partial charge in [-0.3, -0.25) is 4.72 Å². The molecule has 0 aromatic heterocycles. The monoisotopic (exact) mass is 266 g/mol. The second kappa shape index (κ2) is 3.83. The minimum atomic E-state index is -3.42. The maximum Gasteiger partial charge on any atom is 0.301 e. The Morgan fingerprint density at radius 3 is 2.47 bits per heavy atom. The summed E-state index contributed by atoms with van der Waals surface area (Å²) in [6.45, 7) is 1.11. The van der Waals surface area contributed by atoms with Crippen molar-refractivity contribution in [2.45, 2.75) is 0 Å². The molecule has 0 radical (unpaired) electrons. The standard InChI is InChI=1S/C8H8Cl2N2O2S/c9-6-1-2-8(7(10)5-6)11-15(13,14)12-3-4-12/h1-2,5,11H,3-4H2.